The zero-order chi connectivity index (χ0) is 14.8. The highest BCUT2D eigenvalue weighted by Crippen LogP contribution is 2.45. The zero-order valence-corrected chi connectivity index (χ0v) is 14.6. The first kappa shape index (κ1) is 17.0. The average molecular weight is 268 g/mol. The standard InChI is InChI=1S/C18H37N/c1-13(2)14-9-10-15(12-19-18(6,7)8)16(11-14)17(3,4)5/h13-16,19H,9-12H2,1-8H3. The third-order valence-corrected chi connectivity index (χ3v) is 4.98. The van der Waals surface area contributed by atoms with Gasteiger partial charge in [-0.3, -0.25) is 0 Å². The Bertz CT molecular complexity index is 266. The van der Waals surface area contributed by atoms with E-state index in [1.54, 1.807) is 0 Å². The second kappa shape index (κ2) is 6.16. The summed E-state index contributed by atoms with van der Waals surface area (Å²) in [6.07, 6.45) is 4.27. The second-order valence-electron chi connectivity index (χ2n) is 9.18. The van der Waals surface area contributed by atoms with Gasteiger partial charge < -0.3 is 5.32 Å². The molecule has 1 heteroatoms. The van der Waals surface area contributed by atoms with Gasteiger partial charge in [0.1, 0.15) is 0 Å². The Hall–Kier alpha value is -0.0400. The molecule has 3 atom stereocenters. The molecule has 114 valence electrons. The lowest BCUT2D eigenvalue weighted by molar-refractivity contribution is 0.0571. The first-order valence-electron chi connectivity index (χ1n) is 8.25. The van der Waals surface area contributed by atoms with Crippen molar-refractivity contribution in [2.45, 2.75) is 80.2 Å². The molecule has 0 amide bonds. The van der Waals surface area contributed by atoms with Crippen LogP contribution in [0.5, 0.6) is 0 Å². The van der Waals surface area contributed by atoms with Crippen molar-refractivity contribution < 1.29 is 0 Å². The zero-order valence-electron chi connectivity index (χ0n) is 14.6. The molecular formula is C18H37N. The third-order valence-electron chi connectivity index (χ3n) is 4.98. The van der Waals surface area contributed by atoms with Crippen molar-refractivity contribution in [1.29, 1.82) is 0 Å². The molecule has 0 aliphatic heterocycles. The van der Waals surface area contributed by atoms with Gasteiger partial charge in [0, 0.05) is 5.54 Å². The van der Waals surface area contributed by atoms with Crippen LogP contribution >= 0.6 is 0 Å². The Balaban J connectivity index is 2.69. The number of hydrogen-bond donors (Lipinski definition) is 1. The molecule has 1 aliphatic rings. The van der Waals surface area contributed by atoms with Crippen LogP contribution in [0.1, 0.15) is 74.7 Å². The number of nitrogens with one attached hydrogen (secondary N) is 1. The fourth-order valence-corrected chi connectivity index (χ4v) is 3.61. The van der Waals surface area contributed by atoms with Crippen LogP contribution < -0.4 is 5.32 Å². The summed E-state index contributed by atoms with van der Waals surface area (Å²) in [6.45, 7) is 20.1. The van der Waals surface area contributed by atoms with Crippen LogP contribution in [-0.4, -0.2) is 12.1 Å². The molecular weight excluding hydrogens is 230 g/mol. The topological polar surface area (TPSA) is 12.0 Å². The molecule has 1 N–H and O–H groups in total. The van der Waals surface area contributed by atoms with Gasteiger partial charge in [-0.25, -0.2) is 0 Å². The Labute approximate surface area is 121 Å². The fraction of sp³-hybridized carbons (Fsp3) is 1.00. The Morgan fingerprint density at radius 3 is 2.00 bits per heavy atom. The summed E-state index contributed by atoms with van der Waals surface area (Å²) in [7, 11) is 0. The first-order chi connectivity index (χ1) is 8.50. The Kier molecular flexibility index (Phi) is 5.52. The third kappa shape index (κ3) is 5.45. The van der Waals surface area contributed by atoms with Crippen LogP contribution in [0.3, 0.4) is 0 Å². The molecule has 3 unspecified atom stereocenters. The van der Waals surface area contributed by atoms with E-state index >= 15 is 0 Å². The SMILES string of the molecule is CC(C)C1CCC(CNC(C)(C)C)C(C(C)(C)C)C1. The summed E-state index contributed by atoms with van der Waals surface area (Å²) in [5, 5.41) is 3.74. The lowest BCUT2D eigenvalue weighted by Crippen LogP contribution is -2.45. The predicted molar refractivity (Wildman–Crippen MR) is 86.4 cm³/mol. The van der Waals surface area contributed by atoms with Crippen LogP contribution in [0, 0.1) is 29.1 Å². The second-order valence-corrected chi connectivity index (χ2v) is 9.18. The molecule has 1 aliphatic carbocycles. The first-order valence-corrected chi connectivity index (χ1v) is 8.25. The van der Waals surface area contributed by atoms with Crippen molar-refractivity contribution in [2.75, 3.05) is 6.54 Å². The van der Waals surface area contributed by atoms with Crippen LogP contribution in [0.2, 0.25) is 0 Å². The molecule has 1 rings (SSSR count). The van der Waals surface area contributed by atoms with Gasteiger partial charge in [0.25, 0.3) is 0 Å². The summed E-state index contributed by atoms with van der Waals surface area (Å²) in [5.74, 6) is 3.51. The van der Waals surface area contributed by atoms with Crippen LogP contribution in [0.25, 0.3) is 0 Å². The van der Waals surface area contributed by atoms with E-state index in [-0.39, 0.29) is 5.54 Å². The molecule has 1 nitrogen and oxygen atoms in total. The van der Waals surface area contributed by atoms with Gasteiger partial charge in [0.15, 0.2) is 0 Å². The van der Waals surface area contributed by atoms with Gasteiger partial charge in [-0.15, -0.1) is 0 Å². The van der Waals surface area contributed by atoms with E-state index in [0.717, 1.165) is 23.7 Å². The van der Waals surface area contributed by atoms with E-state index in [1.165, 1.54) is 25.8 Å². The van der Waals surface area contributed by atoms with Crippen LogP contribution in [0.15, 0.2) is 0 Å². The highest BCUT2D eigenvalue weighted by Gasteiger charge is 2.38. The molecule has 0 radical (unpaired) electrons. The van der Waals surface area contributed by atoms with Crippen LogP contribution in [0.4, 0.5) is 0 Å². The van der Waals surface area contributed by atoms with Gasteiger partial charge in [-0.2, -0.15) is 0 Å². The van der Waals surface area contributed by atoms with Gasteiger partial charge >= 0.3 is 0 Å². The van der Waals surface area contributed by atoms with Gasteiger partial charge in [0.2, 0.25) is 0 Å². The minimum Gasteiger partial charge on any atom is -0.312 e. The molecule has 0 aromatic heterocycles. The number of rotatable bonds is 3. The van der Waals surface area contributed by atoms with Gasteiger partial charge in [0.05, 0.1) is 0 Å². The van der Waals surface area contributed by atoms with E-state index in [4.69, 9.17) is 0 Å². The fourth-order valence-electron chi connectivity index (χ4n) is 3.61. The molecule has 1 saturated carbocycles. The Morgan fingerprint density at radius 1 is 1.00 bits per heavy atom. The number of hydrogen-bond acceptors (Lipinski definition) is 1. The molecule has 0 bridgehead atoms. The Morgan fingerprint density at radius 2 is 1.58 bits per heavy atom. The van der Waals surface area contributed by atoms with Crippen molar-refractivity contribution in [3.8, 4) is 0 Å². The molecule has 1 fully saturated rings. The van der Waals surface area contributed by atoms with E-state index < -0.39 is 0 Å². The maximum Gasteiger partial charge on any atom is 0.00966 e. The minimum absolute atomic E-state index is 0.247. The smallest absolute Gasteiger partial charge is 0.00966 e. The molecule has 0 aromatic carbocycles. The molecule has 19 heavy (non-hydrogen) atoms. The lowest BCUT2D eigenvalue weighted by Gasteiger charge is -2.45. The normalized spacial score (nSPS) is 29.8. The summed E-state index contributed by atoms with van der Waals surface area (Å²) < 4.78 is 0. The van der Waals surface area contributed by atoms with Crippen molar-refractivity contribution in [3.63, 3.8) is 0 Å². The minimum atomic E-state index is 0.247. The van der Waals surface area contributed by atoms with E-state index in [1.807, 2.05) is 0 Å². The van der Waals surface area contributed by atoms with E-state index in [9.17, 15) is 0 Å². The summed E-state index contributed by atoms with van der Waals surface area (Å²) in [4.78, 5) is 0. The van der Waals surface area contributed by atoms with E-state index in [0.29, 0.717) is 5.41 Å². The van der Waals surface area contributed by atoms with Crippen LogP contribution in [-0.2, 0) is 0 Å². The van der Waals surface area contributed by atoms with Crippen molar-refractivity contribution in [1.82, 2.24) is 5.32 Å². The van der Waals surface area contributed by atoms with Crippen molar-refractivity contribution in [3.05, 3.63) is 0 Å². The summed E-state index contributed by atoms with van der Waals surface area (Å²) in [6, 6.07) is 0. The highest BCUT2D eigenvalue weighted by atomic mass is 14.9. The van der Waals surface area contributed by atoms with Gasteiger partial charge in [-0.05, 0) is 75.7 Å². The monoisotopic (exact) mass is 267 g/mol. The maximum atomic E-state index is 3.74. The quantitative estimate of drug-likeness (QED) is 0.749. The van der Waals surface area contributed by atoms with Gasteiger partial charge in [-0.1, -0.05) is 34.6 Å². The predicted octanol–water partition coefficient (Wildman–Crippen LogP) is 5.11. The lowest BCUT2D eigenvalue weighted by atomic mass is 9.62. The summed E-state index contributed by atoms with van der Waals surface area (Å²) >= 11 is 0. The highest BCUT2D eigenvalue weighted by molar-refractivity contribution is 4.89. The molecule has 0 heterocycles. The molecule has 0 spiro atoms. The van der Waals surface area contributed by atoms with Crippen molar-refractivity contribution >= 4 is 0 Å². The largest absolute Gasteiger partial charge is 0.312 e. The maximum absolute atomic E-state index is 3.74. The van der Waals surface area contributed by atoms with Crippen molar-refractivity contribution in [2.24, 2.45) is 29.1 Å². The average Bonchev–Trinajstić information content (AvgIpc) is 2.23. The summed E-state index contributed by atoms with van der Waals surface area (Å²) in [5.41, 5.74) is 0.690. The molecule has 0 saturated heterocycles. The van der Waals surface area contributed by atoms with E-state index in [2.05, 4.69) is 60.7 Å². The molecule has 0 aromatic rings.